The molecular formula is C18H16N4O4. The summed E-state index contributed by atoms with van der Waals surface area (Å²) in [7, 11) is 1.60. The number of nitro groups is 1. The molecule has 2 aromatic carbocycles. The Morgan fingerprint density at radius 3 is 2.62 bits per heavy atom. The molecule has 0 unspecified atom stereocenters. The molecule has 0 bridgehead atoms. The smallest absolute Gasteiger partial charge is 0.272 e. The third-order valence-electron chi connectivity index (χ3n) is 3.86. The first-order chi connectivity index (χ1) is 12.5. The number of benzene rings is 2. The van der Waals surface area contributed by atoms with E-state index in [4.69, 9.17) is 4.52 Å². The third-order valence-corrected chi connectivity index (χ3v) is 3.86. The number of aryl methyl sites for hydroxylation is 1. The number of nitro benzene ring substituents is 1. The van der Waals surface area contributed by atoms with Crippen LogP contribution >= 0.6 is 0 Å². The summed E-state index contributed by atoms with van der Waals surface area (Å²) >= 11 is 0. The lowest BCUT2D eigenvalue weighted by Crippen LogP contribution is -2.26. The third kappa shape index (κ3) is 3.59. The van der Waals surface area contributed by atoms with Crippen molar-refractivity contribution in [2.75, 3.05) is 7.05 Å². The summed E-state index contributed by atoms with van der Waals surface area (Å²) in [6, 6.07) is 13.6. The summed E-state index contributed by atoms with van der Waals surface area (Å²) in [6.07, 6.45) is 0. The van der Waals surface area contributed by atoms with Crippen LogP contribution in [0.4, 0.5) is 5.69 Å². The largest absolute Gasteiger partial charge is 0.337 e. The average molecular weight is 352 g/mol. The van der Waals surface area contributed by atoms with E-state index in [9.17, 15) is 14.9 Å². The molecule has 8 heteroatoms. The van der Waals surface area contributed by atoms with Crippen molar-refractivity contribution in [3.05, 3.63) is 75.7 Å². The fourth-order valence-electron chi connectivity index (χ4n) is 2.51. The van der Waals surface area contributed by atoms with Crippen LogP contribution in [0.5, 0.6) is 0 Å². The number of rotatable bonds is 5. The second-order valence-electron chi connectivity index (χ2n) is 5.80. The zero-order valence-electron chi connectivity index (χ0n) is 14.2. The van der Waals surface area contributed by atoms with E-state index in [0.29, 0.717) is 22.8 Å². The van der Waals surface area contributed by atoms with E-state index >= 15 is 0 Å². The minimum atomic E-state index is -0.475. The normalized spacial score (nSPS) is 10.5. The van der Waals surface area contributed by atoms with Crippen molar-refractivity contribution in [2.24, 2.45) is 0 Å². The fraction of sp³-hybridized carbons (Fsp3) is 0.167. The summed E-state index contributed by atoms with van der Waals surface area (Å²) in [5, 5.41) is 14.8. The molecule has 0 saturated carbocycles. The van der Waals surface area contributed by atoms with Crippen LogP contribution in [0.25, 0.3) is 11.4 Å². The van der Waals surface area contributed by atoms with Crippen molar-refractivity contribution in [1.82, 2.24) is 15.0 Å². The maximum absolute atomic E-state index is 12.5. The highest BCUT2D eigenvalue weighted by molar-refractivity contribution is 5.94. The highest BCUT2D eigenvalue weighted by atomic mass is 16.6. The minimum absolute atomic E-state index is 0.0198. The molecule has 1 amide bonds. The predicted molar refractivity (Wildman–Crippen MR) is 93.4 cm³/mol. The molecule has 3 rings (SSSR count). The first kappa shape index (κ1) is 17.3. The SMILES string of the molecule is Cc1cc(C(=O)N(C)Cc2nc(-c3ccccc3)no2)ccc1[N+](=O)[O-]. The highest BCUT2D eigenvalue weighted by Crippen LogP contribution is 2.20. The molecule has 0 N–H and O–H groups in total. The molecule has 0 aliphatic heterocycles. The number of hydrogen-bond acceptors (Lipinski definition) is 6. The van der Waals surface area contributed by atoms with Crippen molar-refractivity contribution in [2.45, 2.75) is 13.5 Å². The van der Waals surface area contributed by atoms with Gasteiger partial charge in [-0.1, -0.05) is 35.5 Å². The fourth-order valence-corrected chi connectivity index (χ4v) is 2.51. The van der Waals surface area contributed by atoms with Crippen LogP contribution in [-0.2, 0) is 6.54 Å². The van der Waals surface area contributed by atoms with Crippen LogP contribution in [0.1, 0.15) is 21.8 Å². The second kappa shape index (κ2) is 7.14. The first-order valence-electron chi connectivity index (χ1n) is 7.84. The van der Waals surface area contributed by atoms with Gasteiger partial charge in [0.15, 0.2) is 0 Å². The van der Waals surface area contributed by atoms with Gasteiger partial charge in [-0.25, -0.2) is 0 Å². The Labute approximate surface area is 149 Å². The Morgan fingerprint density at radius 1 is 1.23 bits per heavy atom. The number of aromatic nitrogens is 2. The van der Waals surface area contributed by atoms with Crippen LogP contribution in [-0.4, -0.2) is 32.9 Å². The summed E-state index contributed by atoms with van der Waals surface area (Å²) in [5.41, 5.74) is 1.59. The Balaban J connectivity index is 1.73. The monoisotopic (exact) mass is 352 g/mol. The van der Waals surface area contributed by atoms with Gasteiger partial charge in [0.05, 0.1) is 11.5 Å². The number of hydrogen-bond donors (Lipinski definition) is 0. The lowest BCUT2D eigenvalue weighted by Gasteiger charge is -2.15. The molecule has 0 aliphatic rings. The first-order valence-corrected chi connectivity index (χ1v) is 7.84. The van der Waals surface area contributed by atoms with E-state index < -0.39 is 4.92 Å². The average Bonchev–Trinajstić information content (AvgIpc) is 3.10. The second-order valence-corrected chi connectivity index (χ2v) is 5.80. The topological polar surface area (TPSA) is 102 Å². The van der Waals surface area contributed by atoms with E-state index in [2.05, 4.69) is 10.1 Å². The van der Waals surface area contributed by atoms with Crippen molar-refractivity contribution in [1.29, 1.82) is 0 Å². The summed E-state index contributed by atoms with van der Waals surface area (Å²) in [6.45, 7) is 1.73. The van der Waals surface area contributed by atoms with Crippen LogP contribution in [0.3, 0.4) is 0 Å². The number of nitrogens with zero attached hydrogens (tertiary/aromatic N) is 4. The molecule has 0 atom stereocenters. The summed E-state index contributed by atoms with van der Waals surface area (Å²) in [4.78, 5) is 28.6. The molecule has 0 radical (unpaired) electrons. The van der Waals surface area contributed by atoms with E-state index in [0.717, 1.165) is 5.56 Å². The Hall–Kier alpha value is -3.55. The van der Waals surface area contributed by atoms with Crippen LogP contribution < -0.4 is 0 Å². The maximum Gasteiger partial charge on any atom is 0.272 e. The quantitative estimate of drug-likeness (QED) is 0.516. The van der Waals surface area contributed by atoms with Crippen molar-refractivity contribution in [3.8, 4) is 11.4 Å². The van der Waals surface area contributed by atoms with Gasteiger partial charge in [-0.05, 0) is 19.1 Å². The van der Waals surface area contributed by atoms with E-state index in [1.54, 1.807) is 14.0 Å². The molecule has 0 aliphatic carbocycles. The Morgan fingerprint density at radius 2 is 1.96 bits per heavy atom. The molecule has 0 spiro atoms. The summed E-state index contributed by atoms with van der Waals surface area (Å²) < 4.78 is 5.21. The Kier molecular flexibility index (Phi) is 4.74. The van der Waals surface area contributed by atoms with E-state index in [1.807, 2.05) is 30.3 Å². The van der Waals surface area contributed by atoms with E-state index in [1.165, 1.54) is 23.1 Å². The number of carbonyl (C=O) groups is 1. The molecule has 0 saturated heterocycles. The molecule has 1 aromatic heterocycles. The molecule has 8 nitrogen and oxygen atoms in total. The number of carbonyl (C=O) groups excluding carboxylic acids is 1. The minimum Gasteiger partial charge on any atom is -0.337 e. The molecule has 0 fully saturated rings. The highest BCUT2D eigenvalue weighted by Gasteiger charge is 2.19. The predicted octanol–water partition coefficient (Wildman–Crippen LogP) is 3.23. The summed E-state index contributed by atoms with van der Waals surface area (Å²) in [5.74, 6) is 0.466. The molecule has 1 heterocycles. The molecule has 132 valence electrons. The van der Waals surface area contributed by atoms with Gasteiger partial charge >= 0.3 is 0 Å². The van der Waals surface area contributed by atoms with Gasteiger partial charge in [-0.2, -0.15) is 4.98 Å². The lowest BCUT2D eigenvalue weighted by molar-refractivity contribution is -0.385. The molecule has 3 aromatic rings. The van der Waals surface area contributed by atoms with Gasteiger partial charge in [-0.15, -0.1) is 0 Å². The van der Waals surface area contributed by atoms with Crippen molar-refractivity contribution < 1.29 is 14.2 Å². The van der Waals surface area contributed by atoms with Gasteiger partial charge in [0.2, 0.25) is 11.7 Å². The van der Waals surface area contributed by atoms with Gasteiger partial charge in [0.1, 0.15) is 0 Å². The lowest BCUT2D eigenvalue weighted by atomic mass is 10.1. The zero-order chi connectivity index (χ0) is 18.7. The van der Waals surface area contributed by atoms with Gasteiger partial charge in [0, 0.05) is 29.8 Å². The van der Waals surface area contributed by atoms with Crippen molar-refractivity contribution >= 4 is 11.6 Å². The van der Waals surface area contributed by atoms with Gasteiger partial charge in [-0.3, -0.25) is 14.9 Å². The zero-order valence-corrected chi connectivity index (χ0v) is 14.2. The number of amides is 1. The standard InChI is InChI=1S/C18H16N4O4/c1-12-10-14(8-9-15(12)22(24)25)18(23)21(2)11-16-19-17(20-26-16)13-6-4-3-5-7-13/h3-10H,11H2,1-2H3. The van der Waals surface area contributed by atoms with Gasteiger partial charge < -0.3 is 9.42 Å². The van der Waals surface area contributed by atoms with Crippen LogP contribution in [0.15, 0.2) is 53.1 Å². The van der Waals surface area contributed by atoms with Gasteiger partial charge in [0.25, 0.3) is 11.6 Å². The van der Waals surface area contributed by atoms with E-state index in [-0.39, 0.29) is 18.1 Å². The maximum atomic E-state index is 12.5. The molecular weight excluding hydrogens is 336 g/mol. The van der Waals surface area contributed by atoms with Crippen LogP contribution in [0, 0.1) is 17.0 Å². The van der Waals surface area contributed by atoms with Crippen molar-refractivity contribution in [3.63, 3.8) is 0 Å². The Bertz CT molecular complexity index is 953. The van der Waals surface area contributed by atoms with Crippen LogP contribution in [0.2, 0.25) is 0 Å². The molecule has 26 heavy (non-hydrogen) atoms.